The molecule has 0 atom stereocenters. The number of aromatic nitrogens is 1. The molecule has 0 saturated heterocycles. The molecule has 4 nitrogen and oxygen atoms in total. The van der Waals surface area contributed by atoms with Crippen molar-refractivity contribution >= 4 is 5.84 Å². The Balaban J connectivity index is 2.28. The minimum Gasteiger partial charge on any atom is -0.455 e. The molecular formula is C16H19N3O. The summed E-state index contributed by atoms with van der Waals surface area (Å²) in [5, 5.41) is 7.32. The molecule has 0 spiro atoms. The smallest absolute Gasteiger partial charge is 0.145 e. The van der Waals surface area contributed by atoms with Crippen molar-refractivity contribution in [2.45, 2.75) is 26.2 Å². The lowest BCUT2D eigenvalue weighted by Crippen LogP contribution is -2.13. The minimum atomic E-state index is -0.0494. The van der Waals surface area contributed by atoms with Crippen molar-refractivity contribution in [3.8, 4) is 11.5 Å². The molecule has 2 rings (SSSR count). The molecule has 0 saturated carbocycles. The van der Waals surface area contributed by atoms with Crippen molar-refractivity contribution in [2.24, 2.45) is 5.73 Å². The van der Waals surface area contributed by atoms with Crippen molar-refractivity contribution in [3.63, 3.8) is 0 Å². The Morgan fingerprint density at radius 3 is 2.40 bits per heavy atom. The normalized spacial score (nSPS) is 11.2. The van der Waals surface area contributed by atoms with E-state index in [0.29, 0.717) is 11.4 Å². The highest BCUT2D eigenvalue weighted by Gasteiger charge is 2.18. The van der Waals surface area contributed by atoms with Crippen LogP contribution in [-0.2, 0) is 5.41 Å². The minimum absolute atomic E-state index is 0.00332. The molecule has 20 heavy (non-hydrogen) atoms. The monoisotopic (exact) mass is 269 g/mol. The number of nitrogens with two attached hydrogens (primary N) is 1. The first-order valence-corrected chi connectivity index (χ1v) is 6.46. The van der Waals surface area contributed by atoms with Crippen LogP contribution in [0.1, 0.15) is 32.0 Å². The van der Waals surface area contributed by atoms with Crippen LogP contribution in [0.2, 0.25) is 0 Å². The lowest BCUT2D eigenvalue weighted by Gasteiger charge is -2.22. The largest absolute Gasteiger partial charge is 0.455 e. The molecule has 0 aliphatic carbocycles. The number of amidine groups is 1. The van der Waals surface area contributed by atoms with Crippen LogP contribution in [0.3, 0.4) is 0 Å². The molecule has 0 unspecified atom stereocenters. The zero-order chi connectivity index (χ0) is 14.8. The Kier molecular flexibility index (Phi) is 3.74. The average molecular weight is 269 g/mol. The van der Waals surface area contributed by atoms with Gasteiger partial charge in [0.25, 0.3) is 0 Å². The fraction of sp³-hybridized carbons (Fsp3) is 0.250. The number of pyridine rings is 1. The fourth-order valence-corrected chi connectivity index (χ4v) is 1.90. The van der Waals surface area contributed by atoms with Gasteiger partial charge in [-0.15, -0.1) is 0 Å². The molecule has 0 radical (unpaired) electrons. The van der Waals surface area contributed by atoms with Crippen LogP contribution in [0.5, 0.6) is 11.5 Å². The van der Waals surface area contributed by atoms with Crippen LogP contribution < -0.4 is 10.5 Å². The number of nitrogen functional groups attached to an aromatic ring is 1. The quantitative estimate of drug-likeness (QED) is 0.662. The third-order valence-electron chi connectivity index (χ3n) is 2.94. The van der Waals surface area contributed by atoms with Gasteiger partial charge in [0.2, 0.25) is 0 Å². The number of ether oxygens (including phenoxy) is 1. The Morgan fingerprint density at radius 2 is 1.85 bits per heavy atom. The maximum atomic E-state index is 7.32. The number of hydrogen-bond acceptors (Lipinski definition) is 3. The Bertz CT molecular complexity index is 612. The molecule has 1 aromatic carbocycles. The van der Waals surface area contributed by atoms with Crippen molar-refractivity contribution in [2.75, 3.05) is 0 Å². The highest BCUT2D eigenvalue weighted by atomic mass is 16.5. The molecule has 2 aromatic rings. The number of nitrogens with one attached hydrogen (secondary N) is 1. The van der Waals surface area contributed by atoms with Crippen molar-refractivity contribution in [3.05, 3.63) is 53.9 Å². The first-order chi connectivity index (χ1) is 9.38. The first-order valence-electron chi connectivity index (χ1n) is 6.46. The van der Waals surface area contributed by atoms with Gasteiger partial charge in [-0.25, -0.2) is 4.98 Å². The lowest BCUT2D eigenvalue weighted by molar-refractivity contribution is 0.453. The standard InChI is InChI=1S/C16H19N3O/c1-16(2,3)12-6-4-5-7-14(12)20-11-8-9-13(15(17)18)19-10-11/h4-10H,1-3H3,(H3,17,18). The van der Waals surface area contributed by atoms with Gasteiger partial charge in [-0.2, -0.15) is 0 Å². The van der Waals surface area contributed by atoms with Crippen LogP contribution in [-0.4, -0.2) is 10.8 Å². The van der Waals surface area contributed by atoms with Crippen LogP contribution in [0.25, 0.3) is 0 Å². The average Bonchev–Trinajstić information content (AvgIpc) is 2.38. The molecule has 3 N–H and O–H groups in total. The van der Waals surface area contributed by atoms with E-state index in [1.165, 1.54) is 0 Å². The van der Waals surface area contributed by atoms with E-state index in [-0.39, 0.29) is 11.3 Å². The zero-order valence-corrected chi connectivity index (χ0v) is 12.0. The second-order valence-electron chi connectivity index (χ2n) is 5.64. The third-order valence-corrected chi connectivity index (χ3v) is 2.94. The van der Waals surface area contributed by atoms with E-state index in [1.54, 1.807) is 18.3 Å². The van der Waals surface area contributed by atoms with E-state index in [2.05, 4.69) is 31.8 Å². The third kappa shape index (κ3) is 3.15. The van der Waals surface area contributed by atoms with Crippen molar-refractivity contribution in [1.82, 2.24) is 4.98 Å². The van der Waals surface area contributed by atoms with E-state index in [1.807, 2.05) is 18.2 Å². The summed E-state index contributed by atoms with van der Waals surface area (Å²) in [5.74, 6) is 1.40. The van der Waals surface area contributed by atoms with E-state index in [4.69, 9.17) is 15.9 Å². The molecule has 0 amide bonds. The highest BCUT2D eigenvalue weighted by molar-refractivity contribution is 5.92. The van der Waals surface area contributed by atoms with Gasteiger partial charge in [0.15, 0.2) is 0 Å². The van der Waals surface area contributed by atoms with Gasteiger partial charge >= 0.3 is 0 Å². The van der Waals surface area contributed by atoms with Crippen LogP contribution in [0.15, 0.2) is 42.6 Å². The summed E-state index contributed by atoms with van der Waals surface area (Å²) < 4.78 is 5.90. The zero-order valence-electron chi connectivity index (χ0n) is 12.0. The van der Waals surface area contributed by atoms with Gasteiger partial charge in [-0.1, -0.05) is 39.0 Å². The molecule has 0 aliphatic heterocycles. The molecule has 0 fully saturated rings. The van der Waals surface area contributed by atoms with E-state index >= 15 is 0 Å². The Morgan fingerprint density at radius 1 is 1.15 bits per heavy atom. The highest BCUT2D eigenvalue weighted by Crippen LogP contribution is 2.33. The molecule has 4 heteroatoms. The molecular weight excluding hydrogens is 250 g/mol. The van der Waals surface area contributed by atoms with E-state index in [0.717, 1.165) is 11.3 Å². The van der Waals surface area contributed by atoms with Gasteiger partial charge in [0.1, 0.15) is 23.0 Å². The molecule has 0 aliphatic rings. The molecule has 104 valence electrons. The number of hydrogen-bond donors (Lipinski definition) is 2. The fourth-order valence-electron chi connectivity index (χ4n) is 1.90. The van der Waals surface area contributed by atoms with Crippen molar-refractivity contribution < 1.29 is 4.74 Å². The van der Waals surface area contributed by atoms with Crippen LogP contribution >= 0.6 is 0 Å². The summed E-state index contributed by atoms with van der Waals surface area (Å²) in [4.78, 5) is 4.09. The summed E-state index contributed by atoms with van der Waals surface area (Å²) in [5.41, 5.74) is 6.96. The number of para-hydroxylation sites is 1. The first kappa shape index (κ1) is 14.1. The van der Waals surface area contributed by atoms with Crippen LogP contribution in [0, 0.1) is 5.41 Å². The number of rotatable bonds is 3. The van der Waals surface area contributed by atoms with Crippen molar-refractivity contribution in [1.29, 1.82) is 5.41 Å². The van der Waals surface area contributed by atoms with E-state index < -0.39 is 0 Å². The van der Waals surface area contributed by atoms with Gasteiger partial charge < -0.3 is 10.5 Å². The molecule has 0 bridgehead atoms. The van der Waals surface area contributed by atoms with Gasteiger partial charge in [0.05, 0.1) is 6.20 Å². The number of benzene rings is 1. The maximum absolute atomic E-state index is 7.32. The Hall–Kier alpha value is -2.36. The SMILES string of the molecule is CC(C)(C)c1ccccc1Oc1ccc(C(=N)N)nc1. The molecule has 1 aromatic heterocycles. The number of nitrogens with zero attached hydrogens (tertiary/aromatic N) is 1. The topological polar surface area (TPSA) is 72.0 Å². The van der Waals surface area contributed by atoms with Gasteiger partial charge in [-0.05, 0) is 23.6 Å². The summed E-state index contributed by atoms with van der Waals surface area (Å²) in [7, 11) is 0. The second-order valence-corrected chi connectivity index (χ2v) is 5.64. The predicted molar refractivity (Wildman–Crippen MR) is 80.5 cm³/mol. The summed E-state index contributed by atoms with van der Waals surface area (Å²) in [6.45, 7) is 6.44. The summed E-state index contributed by atoms with van der Waals surface area (Å²) in [6, 6.07) is 11.4. The van der Waals surface area contributed by atoms with Gasteiger partial charge in [0, 0.05) is 5.56 Å². The summed E-state index contributed by atoms with van der Waals surface area (Å²) in [6.07, 6.45) is 1.58. The predicted octanol–water partition coefficient (Wildman–Crippen LogP) is 3.46. The Labute approximate surface area is 119 Å². The molecule has 1 heterocycles. The van der Waals surface area contributed by atoms with Crippen LogP contribution in [0.4, 0.5) is 0 Å². The maximum Gasteiger partial charge on any atom is 0.145 e. The lowest BCUT2D eigenvalue weighted by atomic mass is 9.86. The second kappa shape index (κ2) is 5.33. The van der Waals surface area contributed by atoms with Gasteiger partial charge in [-0.3, -0.25) is 5.41 Å². The van der Waals surface area contributed by atoms with E-state index in [9.17, 15) is 0 Å². The summed E-state index contributed by atoms with van der Waals surface area (Å²) >= 11 is 0.